The molecule has 0 amide bonds. The van der Waals surface area contributed by atoms with Crippen LogP contribution in [0.1, 0.15) is 64.2 Å². The minimum absolute atomic E-state index is 0.116. The quantitative estimate of drug-likeness (QED) is 0.696. The van der Waals surface area contributed by atoms with Crippen LogP contribution in [0.3, 0.4) is 0 Å². The summed E-state index contributed by atoms with van der Waals surface area (Å²) in [7, 11) is 0. The highest BCUT2D eigenvalue weighted by Crippen LogP contribution is 2.30. The van der Waals surface area contributed by atoms with Crippen molar-refractivity contribution in [3.05, 3.63) is 11.6 Å². The molecular weight excluding hydrogens is 184 g/mol. The third-order valence-corrected chi connectivity index (χ3v) is 4.08. The molecule has 1 fully saturated rings. The first-order chi connectivity index (χ1) is 7.36. The Hall–Kier alpha value is -0.300. The van der Waals surface area contributed by atoms with Crippen LogP contribution in [0.25, 0.3) is 0 Å². The van der Waals surface area contributed by atoms with E-state index in [-0.39, 0.29) is 6.10 Å². The van der Waals surface area contributed by atoms with E-state index < -0.39 is 0 Å². The molecule has 0 radical (unpaired) electrons. The molecule has 0 aliphatic heterocycles. The zero-order valence-corrected chi connectivity index (χ0v) is 9.75. The van der Waals surface area contributed by atoms with Crippen LogP contribution in [-0.4, -0.2) is 11.2 Å². The van der Waals surface area contributed by atoms with Crippen molar-refractivity contribution in [3.63, 3.8) is 0 Å². The second-order valence-electron chi connectivity index (χ2n) is 5.27. The summed E-state index contributed by atoms with van der Waals surface area (Å²) in [6, 6.07) is 0. The normalized spacial score (nSPS) is 25.3. The maximum atomic E-state index is 10.0. The van der Waals surface area contributed by atoms with Gasteiger partial charge in [-0.2, -0.15) is 0 Å². The highest BCUT2D eigenvalue weighted by Gasteiger charge is 2.18. The molecule has 1 nitrogen and oxygen atoms in total. The molecule has 2 aliphatic carbocycles. The van der Waals surface area contributed by atoms with Crippen molar-refractivity contribution in [2.75, 3.05) is 0 Å². The SMILES string of the molecule is OC(CCC1CCCCC1)C1=CCCC1. The van der Waals surface area contributed by atoms with Crippen molar-refractivity contribution in [2.45, 2.75) is 70.3 Å². The molecule has 1 atom stereocenters. The van der Waals surface area contributed by atoms with Gasteiger partial charge < -0.3 is 5.11 Å². The van der Waals surface area contributed by atoms with Crippen LogP contribution in [0.5, 0.6) is 0 Å². The minimum Gasteiger partial charge on any atom is -0.389 e. The molecule has 0 saturated heterocycles. The van der Waals surface area contributed by atoms with Crippen molar-refractivity contribution in [1.29, 1.82) is 0 Å². The lowest BCUT2D eigenvalue weighted by Gasteiger charge is -2.22. The summed E-state index contributed by atoms with van der Waals surface area (Å²) in [6.07, 6.45) is 15.1. The zero-order valence-electron chi connectivity index (χ0n) is 9.75. The Kier molecular flexibility index (Phi) is 4.25. The van der Waals surface area contributed by atoms with Crippen molar-refractivity contribution < 1.29 is 5.11 Å². The van der Waals surface area contributed by atoms with Crippen LogP contribution >= 0.6 is 0 Å². The molecule has 1 N–H and O–H groups in total. The summed E-state index contributed by atoms with van der Waals surface area (Å²) in [5.41, 5.74) is 1.32. The lowest BCUT2D eigenvalue weighted by Crippen LogP contribution is -2.13. The first-order valence-corrected chi connectivity index (χ1v) is 6.73. The van der Waals surface area contributed by atoms with E-state index in [2.05, 4.69) is 6.08 Å². The Morgan fingerprint density at radius 1 is 1.20 bits per heavy atom. The average Bonchev–Trinajstić information content (AvgIpc) is 2.81. The number of allylic oxidation sites excluding steroid dienone is 1. The van der Waals surface area contributed by atoms with Crippen LogP contribution in [0.15, 0.2) is 11.6 Å². The van der Waals surface area contributed by atoms with E-state index in [1.165, 1.54) is 56.9 Å². The second-order valence-corrected chi connectivity index (χ2v) is 5.27. The Morgan fingerprint density at radius 2 is 2.00 bits per heavy atom. The molecule has 0 bridgehead atoms. The number of hydrogen-bond acceptors (Lipinski definition) is 1. The molecule has 1 saturated carbocycles. The fourth-order valence-corrected chi connectivity index (χ4v) is 3.05. The monoisotopic (exact) mass is 208 g/mol. The lowest BCUT2D eigenvalue weighted by atomic mass is 9.85. The van der Waals surface area contributed by atoms with E-state index in [9.17, 15) is 5.11 Å². The van der Waals surface area contributed by atoms with Gasteiger partial charge in [0, 0.05) is 0 Å². The van der Waals surface area contributed by atoms with Gasteiger partial charge in [-0.05, 0) is 43.6 Å². The van der Waals surface area contributed by atoms with Crippen molar-refractivity contribution in [1.82, 2.24) is 0 Å². The zero-order chi connectivity index (χ0) is 10.5. The summed E-state index contributed by atoms with van der Waals surface area (Å²) in [6.45, 7) is 0. The number of aliphatic hydroxyl groups is 1. The predicted octanol–water partition coefficient (Wildman–Crippen LogP) is 3.82. The number of rotatable bonds is 4. The molecule has 2 aliphatic rings. The van der Waals surface area contributed by atoms with Crippen molar-refractivity contribution in [3.8, 4) is 0 Å². The maximum Gasteiger partial charge on any atom is 0.0750 e. The van der Waals surface area contributed by atoms with Gasteiger partial charge in [0.1, 0.15) is 0 Å². The van der Waals surface area contributed by atoms with Gasteiger partial charge in [-0.3, -0.25) is 0 Å². The molecule has 15 heavy (non-hydrogen) atoms. The van der Waals surface area contributed by atoms with Crippen LogP contribution < -0.4 is 0 Å². The minimum atomic E-state index is -0.116. The van der Waals surface area contributed by atoms with Crippen molar-refractivity contribution in [2.24, 2.45) is 5.92 Å². The Bertz CT molecular complexity index is 213. The molecule has 86 valence electrons. The molecule has 0 spiro atoms. The second kappa shape index (κ2) is 5.69. The Morgan fingerprint density at radius 3 is 2.67 bits per heavy atom. The van der Waals surface area contributed by atoms with E-state index in [1.54, 1.807) is 0 Å². The van der Waals surface area contributed by atoms with Gasteiger partial charge in [-0.1, -0.05) is 38.2 Å². The van der Waals surface area contributed by atoms with Gasteiger partial charge in [0.05, 0.1) is 6.10 Å². The summed E-state index contributed by atoms with van der Waals surface area (Å²) in [4.78, 5) is 0. The van der Waals surface area contributed by atoms with Crippen LogP contribution in [0, 0.1) is 5.92 Å². The molecular formula is C14H24O. The van der Waals surface area contributed by atoms with Crippen molar-refractivity contribution >= 4 is 0 Å². The van der Waals surface area contributed by atoms with Crippen LogP contribution in [0.2, 0.25) is 0 Å². The van der Waals surface area contributed by atoms with Gasteiger partial charge in [0.15, 0.2) is 0 Å². The third-order valence-electron chi connectivity index (χ3n) is 4.08. The van der Waals surface area contributed by atoms with E-state index >= 15 is 0 Å². The Labute approximate surface area is 93.6 Å². The fourth-order valence-electron chi connectivity index (χ4n) is 3.05. The van der Waals surface area contributed by atoms with Gasteiger partial charge >= 0.3 is 0 Å². The average molecular weight is 208 g/mol. The molecule has 1 heteroatoms. The summed E-state index contributed by atoms with van der Waals surface area (Å²) in [5, 5.41) is 10.0. The summed E-state index contributed by atoms with van der Waals surface area (Å²) in [5.74, 6) is 0.912. The van der Waals surface area contributed by atoms with Gasteiger partial charge in [-0.25, -0.2) is 0 Å². The summed E-state index contributed by atoms with van der Waals surface area (Å²) < 4.78 is 0. The molecule has 0 aromatic rings. The summed E-state index contributed by atoms with van der Waals surface area (Å²) >= 11 is 0. The molecule has 0 heterocycles. The van der Waals surface area contributed by atoms with Crippen LogP contribution in [0.4, 0.5) is 0 Å². The smallest absolute Gasteiger partial charge is 0.0750 e. The first-order valence-electron chi connectivity index (χ1n) is 6.73. The maximum absolute atomic E-state index is 10.0. The standard InChI is InChI=1S/C14H24O/c15-14(13-8-4-5-9-13)11-10-12-6-2-1-3-7-12/h8,12,14-15H,1-7,9-11H2. The lowest BCUT2D eigenvalue weighted by molar-refractivity contribution is 0.179. The topological polar surface area (TPSA) is 20.2 Å². The first kappa shape index (κ1) is 11.2. The van der Waals surface area contributed by atoms with E-state index in [4.69, 9.17) is 0 Å². The molecule has 1 unspecified atom stereocenters. The van der Waals surface area contributed by atoms with Crippen LogP contribution in [-0.2, 0) is 0 Å². The predicted molar refractivity (Wildman–Crippen MR) is 63.7 cm³/mol. The molecule has 0 aromatic carbocycles. The largest absolute Gasteiger partial charge is 0.389 e. The highest BCUT2D eigenvalue weighted by atomic mass is 16.3. The molecule has 2 rings (SSSR count). The number of hydrogen-bond donors (Lipinski definition) is 1. The third kappa shape index (κ3) is 3.34. The molecule has 0 aromatic heterocycles. The van der Waals surface area contributed by atoms with Gasteiger partial charge in [0.2, 0.25) is 0 Å². The fraction of sp³-hybridized carbons (Fsp3) is 0.857. The van der Waals surface area contributed by atoms with Gasteiger partial charge in [-0.15, -0.1) is 0 Å². The Balaban J connectivity index is 1.67. The van der Waals surface area contributed by atoms with E-state index in [1.807, 2.05) is 0 Å². The van der Waals surface area contributed by atoms with Gasteiger partial charge in [0.25, 0.3) is 0 Å². The van der Waals surface area contributed by atoms with E-state index in [0.717, 1.165) is 18.8 Å². The van der Waals surface area contributed by atoms with E-state index in [0.29, 0.717) is 0 Å². The number of aliphatic hydroxyl groups excluding tert-OH is 1. The highest BCUT2D eigenvalue weighted by molar-refractivity contribution is 5.12.